The Morgan fingerprint density at radius 1 is 1.50 bits per heavy atom. The van der Waals surface area contributed by atoms with E-state index in [1.807, 2.05) is 11.3 Å². The van der Waals surface area contributed by atoms with Crippen molar-refractivity contribution in [1.29, 1.82) is 0 Å². The van der Waals surface area contributed by atoms with Gasteiger partial charge in [-0.05, 0) is 50.9 Å². The normalized spacial score (nSPS) is 23.3. The van der Waals surface area contributed by atoms with Gasteiger partial charge in [-0.15, -0.1) is 11.3 Å². The molecule has 1 aromatic rings. The van der Waals surface area contributed by atoms with Gasteiger partial charge in [-0.3, -0.25) is 0 Å². The number of nitrogens with one attached hydrogen (secondary N) is 1. The van der Waals surface area contributed by atoms with Gasteiger partial charge in [0, 0.05) is 21.8 Å². The molecular weight excluding hydrogens is 302 g/mol. The highest BCUT2D eigenvalue weighted by Gasteiger charge is 2.19. The van der Waals surface area contributed by atoms with Crippen molar-refractivity contribution in [3.8, 4) is 0 Å². The fourth-order valence-corrected chi connectivity index (χ4v) is 3.69. The molecule has 2 rings (SSSR count). The van der Waals surface area contributed by atoms with E-state index in [1.54, 1.807) is 0 Å². The highest BCUT2D eigenvalue weighted by molar-refractivity contribution is 9.13. The molecule has 12 heavy (non-hydrogen) atoms. The lowest BCUT2D eigenvalue weighted by molar-refractivity contribution is 0.779. The third kappa shape index (κ3) is 1.76. The zero-order valence-corrected chi connectivity index (χ0v) is 10.4. The van der Waals surface area contributed by atoms with E-state index < -0.39 is 0 Å². The summed E-state index contributed by atoms with van der Waals surface area (Å²) in [6.07, 6.45) is 1.28. The van der Waals surface area contributed by atoms with Gasteiger partial charge in [0.05, 0.1) is 3.79 Å². The maximum Gasteiger partial charge on any atom is 0.0843 e. The van der Waals surface area contributed by atoms with Crippen LogP contribution in [0.3, 0.4) is 0 Å². The van der Waals surface area contributed by atoms with E-state index in [1.165, 1.54) is 19.6 Å². The molecule has 1 N–H and O–H groups in total. The Morgan fingerprint density at radius 3 is 2.83 bits per heavy atom. The molecule has 1 unspecified atom stereocenters. The molecule has 0 amide bonds. The molecule has 0 bridgehead atoms. The largest absolute Gasteiger partial charge is 0.316 e. The van der Waals surface area contributed by atoms with Crippen molar-refractivity contribution in [2.45, 2.75) is 12.3 Å². The van der Waals surface area contributed by atoms with Crippen LogP contribution in [0.2, 0.25) is 0 Å². The molecule has 1 aliphatic rings. The minimum atomic E-state index is 0.734. The van der Waals surface area contributed by atoms with Gasteiger partial charge in [-0.25, -0.2) is 0 Å². The molecule has 4 heteroatoms. The zero-order chi connectivity index (χ0) is 8.55. The Bertz CT molecular complexity index is 259. The van der Waals surface area contributed by atoms with Gasteiger partial charge in [0.2, 0.25) is 0 Å². The standard InChI is InChI=1S/C8H9Br2NS/c9-6-3-7(12-8(6)10)5-1-2-11-4-5/h3,5,11H,1-2,4H2. The van der Waals surface area contributed by atoms with Crippen LogP contribution in [0.25, 0.3) is 0 Å². The Labute approximate surface area is 92.8 Å². The fraction of sp³-hybridized carbons (Fsp3) is 0.500. The smallest absolute Gasteiger partial charge is 0.0843 e. The van der Waals surface area contributed by atoms with Gasteiger partial charge >= 0.3 is 0 Å². The lowest BCUT2D eigenvalue weighted by Crippen LogP contribution is -2.07. The minimum Gasteiger partial charge on any atom is -0.316 e. The number of halogens is 2. The first kappa shape index (κ1) is 9.19. The summed E-state index contributed by atoms with van der Waals surface area (Å²) >= 11 is 8.86. The summed E-state index contributed by atoms with van der Waals surface area (Å²) < 4.78 is 2.40. The molecule has 0 spiro atoms. The molecule has 1 aliphatic heterocycles. The van der Waals surface area contributed by atoms with E-state index in [9.17, 15) is 0 Å². The summed E-state index contributed by atoms with van der Waals surface area (Å²) in [6, 6.07) is 2.23. The van der Waals surface area contributed by atoms with Crippen LogP contribution in [0.4, 0.5) is 0 Å². The van der Waals surface area contributed by atoms with E-state index in [0.29, 0.717) is 0 Å². The molecule has 2 heterocycles. The second-order valence-corrected chi connectivity index (χ2v) is 6.22. The predicted molar refractivity (Wildman–Crippen MR) is 59.9 cm³/mol. The van der Waals surface area contributed by atoms with E-state index in [-0.39, 0.29) is 0 Å². The van der Waals surface area contributed by atoms with Gasteiger partial charge in [0.1, 0.15) is 0 Å². The van der Waals surface area contributed by atoms with Crippen LogP contribution in [0.15, 0.2) is 14.3 Å². The monoisotopic (exact) mass is 309 g/mol. The third-order valence-electron chi connectivity index (χ3n) is 2.13. The van der Waals surface area contributed by atoms with Crippen molar-refractivity contribution in [1.82, 2.24) is 5.32 Å². The van der Waals surface area contributed by atoms with E-state index in [0.717, 1.165) is 19.0 Å². The second kappa shape index (κ2) is 3.78. The molecule has 0 aromatic carbocycles. The van der Waals surface area contributed by atoms with Crippen molar-refractivity contribution in [3.63, 3.8) is 0 Å². The molecular formula is C8H9Br2NS. The molecule has 1 aromatic heterocycles. The molecule has 0 radical (unpaired) electrons. The molecule has 66 valence electrons. The van der Waals surface area contributed by atoms with Gasteiger partial charge < -0.3 is 5.32 Å². The third-order valence-corrected chi connectivity index (χ3v) is 5.55. The topological polar surface area (TPSA) is 12.0 Å². The number of hydrogen-bond acceptors (Lipinski definition) is 2. The van der Waals surface area contributed by atoms with Crippen molar-refractivity contribution in [2.24, 2.45) is 0 Å². The number of rotatable bonds is 1. The Balaban J connectivity index is 2.21. The lowest BCUT2D eigenvalue weighted by atomic mass is 10.1. The average molecular weight is 311 g/mol. The predicted octanol–water partition coefficient (Wildman–Crippen LogP) is 3.35. The fourth-order valence-electron chi connectivity index (χ4n) is 1.46. The van der Waals surface area contributed by atoms with Gasteiger partial charge in [0.15, 0.2) is 0 Å². The summed E-state index contributed by atoms with van der Waals surface area (Å²) in [5.74, 6) is 0.734. The van der Waals surface area contributed by atoms with Crippen LogP contribution < -0.4 is 5.32 Å². The zero-order valence-electron chi connectivity index (χ0n) is 6.44. The van der Waals surface area contributed by atoms with E-state index in [4.69, 9.17) is 0 Å². The lowest BCUT2D eigenvalue weighted by Gasteiger charge is -2.02. The summed E-state index contributed by atoms with van der Waals surface area (Å²) in [4.78, 5) is 1.48. The first-order valence-electron chi connectivity index (χ1n) is 3.93. The molecule has 1 saturated heterocycles. The first-order valence-corrected chi connectivity index (χ1v) is 6.33. The second-order valence-electron chi connectivity index (χ2n) is 2.96. The SMILES string of the molecule is Brc1cc(C2CCNC2)sc1Br. The maximum absolute atomic E-state index is 3.51. The van der Waals surface area contributed by atoms with Gasteiger partial charge in [-0.1, -0.05) is 0 Å². The number of thiophene rings is 1. The molecule has 0 aliphatic carbocycles. The van der Waals surface area contributed by atoms with Crippen molar-refractivity contribution in [2.75, 3.05) is 13.1 Å². The maximum atomic E-state index is 3.51. The molecule has 1 fully saturated rings. The summed E-state index contributed by atoms with van der Waals surface area (Å²) in [5, 5.41) is 3.38. The van der Waals surface area contributed by atoms with Gasteiger partial charge in [-0.2, -0.15) is 0 Å². The Kier molecular flexibility index (Phi) is 2.89. The van der Waals surface area contributed by atoms with Crippen LogP contribution in [-0.2, 0) is 0 Å². The van der Waals surface area contributed by atoms with Crippen molar-refractivity contribution >= 4 is 43.2 Å². The quantitative estimate of drug-likeness (QED) is 0.839. The van der Waals surface area contributed by atoms with Crippen LogP contribution in [-0.4, -0.2) is 13.1 Å². The highest BCUT2D eigenvalue weighted by atomic mass is 79.9. The minimum absolute atomic E-state index is 0.734. The van der Waals surface area contributed by atoms with Crippen LogP contribution >= 0.6 is 43.2 Å². The van der Waals surface area contributed by atoms with Crippen molar-refractivity contribution in [3.05, 3.63) is 19.2 Å². The summed E-state index contributed by atoms with van der Waals surface area (Å²) in [6.45, 7) is 2.30. The average Bonchev–Trinajstić information content (AvgIpc) is 2.61. The van der Waals surface area contributed by atoms with Crippen LogP contribution in [0.1, 0.15) is 17.2 Å². The Morgan fingerprint density at radius 2 is 2.33 bits per heavy atom. The van der Waals surface area contributed by atoms with E-state index >= 15 is 0 Å². The van der Waals surface area contributed by atoms with E-state index in [2.05, 4.69) is 43.2 Å². The summed E-state index contributed by atoms with van der Waals surface area (Å²) in [7, 11) is 0. The highest BCUT2D eigenvalue weighted by Crippen LogP contribution is 2.37. The van der Waals surface area contributed by atoms with Crippen LogP contribution in [0, 0.1) is 0 Å². The van der Waals surface area contributed by atoms with Gasteiger partial charge in [0.25, 0.3) is 0 Å². The van der Waals surface area contributed by atoms with Crippen LogP contribution in [0.5, 0.6) is 0 Å². The summed E-state index contributed by atoms with van der Waals surface area (Å²) in [5.41, 5.74) is 0. The molecule has 1 nitrogen and oxygen atoms in total. The van der Waals surface area contributed by atoms with Crippen molar-refractivity contribution < 1.29 is 0 Å². The molecule has 1 atom stereocenters. The number of hydrogen-bond donors (Lipinski definition) is 1. The molecule has 0 saturated carbocycles. The first-order chi connectivity index (χ1) is 5.77. The Hall–Kier alpha value is 0.620.